The number of halogens is 1. The molecule has 0 fully saturated rings. The Morgan fingerprint density at radius 3 is 2.77 bits per heavy atom. The van der Waals surface area contributed by atoms with Crippen LogP contribution in [0, 0.1) is 0 Å². The number of aromatic nitrogens is 2. The zero-order valence-corrected chi connectivity index (χ0v) is 18.1. The molecule has 0 bridgehead atoms. The summed E-state index contributed by atoms with van der Waals surface area (Å²) in [6.07, 6.45) is 6.86. The molecule has 0 atom stereocenters. The zero-order chi connectivity index (χ0) is 21.2. The number of hydrogen-bond donors (Lipinski definition) is 1. The minimum absolute atomic E-state index is 0.0514. The van der Waals surface area contributed by atoms with Gasteiger partial charge in [-0.05, 0) is 56.5 Å². The van der Waals surface area contributed by atoms with Gasteiger partial charge in [-0.3, -0.25) is 4.79 Å². The molecule has 0 aliphatic rings. The largest absolute Gasteiger partial charge is 0.492 e. The van der Waals surface area contributed by atoms with E-state index in [2.05, 4.69) is 16.0 Å². The Kier molecular flexibility index (Phi) is 8.33. The van der Waals surface area contributed by atoms with Gasteiger partial charge >= 0.3 is 0 Å². The average molecular weight is 426 g/mol. The molecule has 30 heavy (non-hydrogen) atoms. The monoisotopic (exact) mass is 425 g/mol. The van der Waals surface area contributed by atoms with Crippen molar-refractivity contribution in [2.75, 3.05) is 13.2 Å². The molecule has 0 saturated carbocycles. The van der Waals surface area contributed by atoms with E-state index >= 15 is 0 Å². The number of aryl methyl sites for hydroxylation is 2. The van der Waals surface area contributed by atoms with Crippen LogP contribution in [0.3, 0.4) is 0 Å². The first kappa shape index (κ1) is 21.9. The molecule has 3 aromatic rings. The molecule has 5 nitrogen and oxygen atoms in total. The van der Waals surface area contributed by atoms with Gasteiger partial charge in [0.15, 0.2) is 0 Å². The Hall–Kier alpha value is -2.79. The van der Waals surface area contributed by atoms with Crippen LogP contribution < -0.4 is 10.1 Å². The lowest BCUT2D eigenvalue weighted by molar-refractivity contribution is -0.116. The number of nitrogens with zero attached hydrogens (tertiary/aromatic N) is 2. The van der Waals surface area contributed by atoms with Gasteiger partial charge in [-0.1, -0.05) is 41.9 Å². The van der Waals surface area contributed by atoms with E-state index in [1.54, 1.807) is 12.2 Å². The Bertz CT molecular complexity index is 997. The van der Waals surface area contributed by atoms with E-state index in [9.17, 15) is 4.79 Å². The second-order valence-corrected chi connectivity index (χ2v) is 7.46. The zero-order valence-electron chi connectivity index (χ0n) is 17.3. The van der Waals surface area contributed by atoms with Crippen LogP contribution in [-0.4, -0.2) is 28.6 Å². The summed E-state index contributed by atoms with van der Waals surface area (Å²) in [6.45, 7) is 3.98. The van der Waals surface area contributed by atoms with Crippen molar-refractivity contribution < 1.29 is 9.53 Å². The summed E-state index contributed by atoms with van der Waals surface area (Å²) in [5.74, 6) is 1.74. The number of nitrogens with one attached hydrogen (secondary N) is 1. The topological polar surface area (TPSA) is 56.2 Å². The van der Waals surface area contributed by atoms with Gasteiger partial charge < -0.3 is 14.6 Å². The highest BCUT2D eigenvalue weighted by atomic mass is 35.5. The predicted molar refractivity (Wildman–Crippen MR) is 122 cm³/mol. The van der Waals surface area contributed by atoms with Gasteiger partial charge in [0.2, 0.25) is 5.91 Å². The van der Waals surface area contributed by atoms with Gasteiger partial charge in [0.1, 0.15) is 11.6 Å². The maximum Gasteiger partial charge on any atom is 0.243 e. The fourth-order valence-electron chi connectivity index (χ4n) is 3.35. The number of rotatable bonds is 11. The van der Waals surface area contributed by atoms with Gasteiger partial charge in [-0.25, -0.2) is 4.98 Å². The van der Waals surface area contributed by atoms with E-state index in [-0.39, 0.29) is 5.91 Å². The van der Waals surface area contributed by atoms with Crippen molar-refractivity contribution in [1.29, 1.82) is 0 Å². The Balaban J connectivity index is 1.53. The van der Waals surface area contributed by atoms with Crippen molar-refractivity contribution in [3.63, 3.8) is 0 Å². The average Bonchev–Trinajstić information content (AvgIpc) is 3.10. The Morgan fingerprint density at radius 2 is 1.93 bits per heavy atom. The molecule has 1 heterocycles. The molecule has 3 rings (SSSR count). The first-order valence-electron chi connectivity index (χ1n) is 10.4. The number of carbonyl (C=O) groups excluding carboxylic acids is 1. The Labute approximate surface area is 182 Å². The maximum atomic E-state index is 11.5. The smallest absolute Gasteiger partial charge is 0.243 e. The van der Waals surface area contributed by atoms with E-state index in [0.29, 0.717) is 18.2 Å². The maximum absolute atomic E-state index is 11.5. The molecular formula is C24H28ClN3O2. The van der Waals surface area contributed by atoms with E-state index in [0.717, 1.165) is 54.8 Å². The number of ether oxygens (including phenoxy) is 1. The quantitative estimate of drug-likeness (QED) is 0.340. The lowest BCUT2D eigenvalue weighted by atomic mass is 10.2. The van der Waals surface area contributed by atoms with E-state index in [1.165, 1.54) is 0 Å². The fraction of sp³-hybridized carbons (Fsp3) is 0.333. The van der Waals surface area contributed by atoms with Crippen LogP contribution in [0.1, 0.15) is 32.0 Å². The van der Waals surface area contributed by atoms with Gasteiger partial charge in [0, 0.05) is 19.5 Å². The molecule has 0 unspecified atom stereocenters. The predicted octanol–water partition coefficient (Wildman–Crippen LogP) is 5.17. The minimum atomic E-state index is -0.0514. The van der Waals surface area contributed by atoms with Crippen LogP contribution in [0.15, 0.2) is 60.7 Å². The summed E-state index contributed by atoms with van der Waals surface area (Å²) < 4.78 is 8.08. The normalized spacial score (nSPS) is 11.3. The van der Waals surface area contributed by atoms with Crippen molar-refractivity contribution in [2.45, 2.75) is 39.2 Å². The van der Waals surface area contributed by atoms with E-state index < -0.39 is 0 Å². The van der Waals surface area contributed by atoms with Crippen molar-refractivity contribution in [2.24, 2.45) is 0 Å². The van der Waals surface area contributed by atoms with Gasteiger partial charge in [0.05, 0.1) is 22.7 Å². The van der Waals surface area contributed by atoms with Crippen molar-refractivity contribution in [1.82, 2.24) is 14.9 Å². The van der Waals surface area contributed by atoms with Crippen LogP contribution in [-0.2, 0) is 17.8 Å². The number of allylic oxidation sites excluding steroid dienone is 1. The first-order chi connectivity index (χ1) is 14.7. The molecule has 6 heteroatoms. The highest BCUT2D eigenvalue weighted by molar-refractivity contribution is 6.32. The molecule has 1 N–H and O–H groups in total. The van der Waals surface area contributed by atoms with Crippen LogP contribution in [0.5, 0.6) is 5.75 Å². The van der Waals surface area contributed by atoms with Crippen molar-refractivity contribution in [3.8, 4) is 5.75 Å². The molecule has 2 aromatic carbocycles. The van der Waals surface area contributed by atoms with E-state index in [4.69, 9.17) is 21.3 Å². The molecule has 0 aliphatic heterocycles. The molecule has 0 saturated heterocycles. The van der Waals surface area contributed by atoms with E-state index in [1.807, 2.05) is 49.4 Å². The molecule has 1 amide bonds. The molecule has 0 aliphatic carbocycles. The van der Waals surface area contributed by atoms with Crippen molar-refractivity contribution >= 4 is 28.5 Å². The van der Waals surface area contributed by atoms with Gasteiger partial charge in [-0.15, -0.1) is 0 Å². The number of imidazole rings is 1. The van der Waals surface area contributed by atoms with Crippen LogP contribution in [0.4, 0.5) is 0 Å². The van der Waals surface area contributed by atoms with Gasteiger partial charge in [0.25, 0.3) is 0 Å². The van der Waals surface area contributed by atoms with Crippen molar-refractivity contribution in [3.05, 3.63) is 71.5 Å². The summed E-state index contributed by atoms with van der Waals surface area (Å²) in [6, 6.07) is 15.8. The highest BCUT2D eigenvalue weighted by Crippen LogP contribution is 2.23. The number of amides is 1. The van der Waals surface area contributed by atoms with Crippen LogP contribution >= 0.6 is 11.6 Å². The third-order valence-corrected chi connectivity index (χ3v) is 5.11. The number of unbranched alkanes of at least 4 members (excludes halogenated alkanes) is 1. The SMILES string of the molecule is C/C=C\C(=O)NCCCc1nc2ccccc2n1CCCCOc1ccccc1Cl. The van der Waals surface area contributed by atoms with Crippen LogP contribution in [0.25, 0.3) is 11.0 Å². The van der Waals surface area contributed by atoms with Crippen LogP contribution in [0.2, 0.25) is 5.02 Å². The minimum Gasteiger partial charge on any atom is -0.492 e. The number of hydrogen-bond acceptors (Lipinski definition) is 3. The number of para-hydroxylation sites is 3. The summed E-state index contributed by atoms with van der Waals surface area (Å²) in [5, 5.41) is 3.54. The standard InChI is InChI=1S/C24H28ClN3O2/c1-2-10-24(29)26-16-9-15-23-27-20-12-4-5-13-21(20)28(23)17-7-8-18-30-22-14-6-3-11-19(22)25/h2-6,10-14H,7-9,15-18H2,1H3,(H,26,29)/b10-2-. The summed E-state index contributed by atoms with van der Waals surface area (Å²) in [4.78, 5) is 16.4. The number of carbonyl (C=O) groups is 1. The lowest BCUT2D eigenvalue weighted by Gasteiger charge is -2.11. The second-order valence-electron chi connectivity index (χ2n) is 7.05. The summed E-state index contributed by atoms with van der Waals surface area (Å²) >= 11 is 6.13. The third kappa shape index (κ3) is 6.10. The molecular weight excluding hydrogens is 398 g/mol. The number of benzene rings is 2. The molecule has 0 spiro atoms. The van der Waals surface area contributed by atoms with Gasteiger partial charge in [-0.2, -0.15) is 0 Å². The highest BCUT2D eigenvalue weighted by Gasteiger charge is 2.10. The lowest BCUT2D eigenvalue weighted by Crippen LogP contribution is -2.22. The number of fused-ring (bicyclic) bond motifs is 1. The Morgan fingerprint density at radius 1 is 1.13 bits per heavy atom. The first-order valence-corrected chi connectivity index (χ1v) is 10.8. The molecule has 158 valence electrons. The third-order valence-electron chi connectivity index (χ3n) is 4.80. The summed E-state index contributed by atoms with van der Waals surface area (Å²) in [7, 11) is 0. The second kappa shape index (κ2) is 11.4. The molecule has 0 radical (unpaired) electrons. The fourth-order valence-corrected chi connectivity index (χ4v) is 3.54. The molecule has 1 aromatic heterocycles. The summed E-state index contributed by atoms with van der Waals surface area (Å²) in [5.41, 5.74) is 2.16.